The third-order valence-electron chi connectivity index (χ3n) is 3.09. The van der Waals surface area contributed by atoms with Crippen LogP contribution in [0.15, 0.2) is 11.1 Å². The summed E-state index contributed by atoms with van der Waals surface area (Å²) in [6.07, 6.45) is 1.95. The number of piperidine rings is 1. The molecule has 0 radical (unpaired) electrons. The highest BCUT2D eigenvalue weighted by molar-refractivity contribution is 6.25. The Morgan fingerprint density at radius 3 is 2.47 bits per heavy atom. The molecule has 0 saturated carbocycles. The Hall–Kier alpha value is -0.0900. The smallest absolute Gasteiger partial charge is 0.170 e. The van der Waals surface area contributed by atoms with Gasteiger partial charge in [-0.2, -0.15) is 0 Å². The van der Waals surface area contributed by atoms with Crippen molar-refractivity contribution >= 4 is 11.6 Å². The molecule has 1 spiro atoms. The van der Waals surface area contributed by atoms with Crippen LogP contribution >= 0.6 is 11.6 Å². The molecule has 2 rings (SSSR count). The summed E-state index contributed by atoms with van der Waals surface area (Å²) in [7, 11) is 0. The van der Waals surface area contributed by atoms with E-state index in [-0.39, 0.29) is 5.79 Å². The van der Waals surface area contributed by atoms with Gasteiger partial charge in [-0.3, -0.25) is 4.90 Å². The first-order valence-electron chi connectivity index (χ1n) is 5.50. The van der Waals surface area contributed by atoms with Crippen LogP contribution in [0.2, 0.25) is 0 Å². The highest BCUT2D eigenvalue weighted by atomic mass is 35.5. The number of likely N-dealkylation sites (tertiary alicyclic amines) is 1. The van der Waals surface area contributed by atoms with Gasteiger partial charge in [-0.15, -0.1) is 0 Å². The Morgan fingerprint density at radius 2 is 1.93 bits per heavy atom. The lowest BCUT2D eigenvalue weighted by Gasteiger charge is -2.37. The van der Waals surface area contributed by atoms with Crippen LogP contribution in [-0.2, 0) is 9.47 Å². The maximum Gasteiger partial charge on any atom is 0.170 e. The van der Waals surface area contributed by atoms with Crippen LogP contribution in [0.5, 0.6) is 0 Å². The third-order valence-corrected chi connectivity index (χ3v) is 3.46. The van der Waals surface area contributed by atoms with Gasteiger partial charge in [0.15, 0.2) is 5.79 Å². The van der Waals surface area contributed by atoms with Crippen LogP contribution in [0.25, 0.3) is 0 Å². The lowest BCUT2D eigenvalue weighted by Crippen LogP contribution is -2.45. The van der Waals surface area contributed by atoms with Crippen molar-refractivity contribution in [1.82, 2.24) is 4.90 Å². The predicted octanol–water partition coefficient (Wildman–Crippen LogP) is 1.97. The van der Waals surface area contributed by atoms with Crippen LogP contribution in [-0.4, -0.2) is 43.5 Å². The standard InChI is InChI=1S/C11H18ClNO2/c1-10(8-12)9-13-4-2-11(3-5-13)14-6-7-15-11/h8H,2-7,9H2,1H3/b10-8+. The molecule has 3 nitrogen and oxygen atoms in total. The molecular formula is C11H18ClNO2. The van der Waals surface area contributed by atoms with Crippen molar-refractivity contribution in [3.05, 3.63) is 11.1 Å². The van der Waals surface area contributed by atoms with Gasteiger partial charge in [0, 0.05) is 38.0 Å². The number of hydrogen-bond acceptors (Lipinski definition) is 3. The first-order valence-corrected chi connectivity index (χ1v) is 5.94. The molecule has 0 aromatic heterocycles. The van der Waals surface area contributed by atoms with E-state index in [1.165, 1.54) is 5.57 Å². The summed E-state index contributed by atoms with van der Waals surface area (Å²) < 4.78 is 11.3. The van der Waals surface area contributed by atoms with Gasteiger partial charge in [0.2, 0.25) is 0 Å². The number of halogens is 1. The second kappa shape index (κ2) is 4.83. The first-order chi connectivity index (χ1) is 7.24. The molecule has 0 aliphatic carbocycles. The minimum absolute atomic E-state index is 0.255. The van der Waals surface area contributed by atoms with E-state index >= 15 is 0 Å². The zero-order valence-electron chi connectivity index (χ0n) is 9.17. The number of rotatable bonds is 2. The summed E-state index contributed by atoms with van der Waals surface area (Å²) in [5, 5.41) is 0. The van der Waals surface area contributed by atoms with Crippen molar-refractivity contribution in [1.29, 1.82) is 0 Å². The normalized spacial score (nSPS) is 27.5. The van der Waals surface area contributed by atoms with E-state index in [4.69, 9.17) is 21.1 Å². The van der Waals surface area contributed by atoms with Crippen LogP contribution < -0.4 is 0 Å². The molecule has 2 aliphatic rings. The summed E-state index contributed by atoms with van der Waals surface area (Å²) in [6, 6.07) is 0. The number of ether oxygens (including phenoxy) is 2. The molecule has 0 bridgehead atoms. The maximum atomic E-state index is 5.67. The van der Waals surface area contributed by atoms with Gasteiger partial charge in [-0.25, -0.2) is 0 Å². The van der Waals surface area contributed by atoms with Crippen molar-refractivity contribution in [2.75, 3.05) is 32.8 Å². The van der Waals surface area contributed by atoms with Crippen molar-refractivity contribution in [2.45, 2.75) is 25.6 Å². The van der Waals surface area contributed by atoms with E-state index in [0.29, 0.717) is 0 Å². The fourth-order valence-corrected chi connectivity index (χ4v) is 2.29. The van der Waals surface area contributed by atoms with Crippen LogP contribution in [0.3, 0.4) is 0 Å². The van der Waals surface area contributed by atoms with Gasteiger partial charge >= 0.3 is 0 Å². The highest BCUT2D eigenvalue weighted by Gasteiger charge is 2.39. The Morgan fingerprint density at radius 1 is 1.33 bits per heavy atom. The molecule has 0 aromatic carbocycles. The van der Waals surface area contributed by atoms with Crippen molar-refractivity contribution in [2.24, 2.45) is 0 Å². The highest BCUT2D eigenvalue weighted by Crippen LogP contribution is 2.31. The summed E-state index contributed by atoms with van der Waals surface area (Å²) in [4.78, 5) is 2.39. The lowest BCUT2D eigenvalue weighted by molar-refractivity contribution is -0.184. The Kier molecular flexibility index (Phi) is 3.67. The second-order valence-corrected chi connectivity index (χ2v) is 4.56. The average molecular weight is 232 g/mol. The minimum Gasteiger partial charge on any atom is -0.347 e. The van der Waals surface area contributed by atoms with E-state index in [2.05, 4.69) is 11.8 Å². The topological polar surface area (TPSA) is 21.7 Å². The SMILES string of the molecule is C/C(=C\Cl)CN1CCC2(CC1)OCCO2. The van der Waals surface area contributed by atoms with Crippen LogP contribution in [0, 0.1) is 0 Å². The molecule has 2 aliphatic heterocycles. The van der Waals surface area contributed by atoms with E-state index in [9.17, 15) is 0 Å². The lowest BCUT2D eigenvalue weighted by atomic mass is 10.0. The molecular weight excluding hydrogens is 214 g/mol. The second-order valence-electron chi connectivity index (χ2n) is 4.34. The van der Waals surface area contributed by atoms with E-state index in [0.717, 1.165) is 45.7 Å². The van der Waals surface area contributed by atoms with Gasteiger partial charge < -0.3 is 9.47 Å². The zero-order chi connectivity index (χ0) is 10.7. The molecule has 86 valence electrons. The van der Waals surface area contributed by atoms with Gasteiger partial charge in [0.1, 0.15) is 0 Å². The molecule has 15 heavy (non-hydrogen) atoms. The summed E-state index contributed by atoms with van der Waals surface area (Å²) in [5.41, 5.74) is 2.87. The third kappa shape index (κ3) is 2.72. The van der Waals surface area contributed by atoms with Crippen molar-refractivity contribution < 1.29 is 9.47 Å². The quantitative estimate of drug-likeness (QED) is 0.726. The van der Waals surface area contributed by atoms with Crippen molar-refractivity contribution in [3.8, 4) is 0 Å². The fourth-order valence-electron chi connectivity index (χ4n) is 2.22. The molecule has 0 N–H and O–H groups in total. The molecule has 0 unspecified atom stereocenters. The van der Waals surface area contributed by atoms with E-state index < -0.39 is 0 Å². The monoisotopic (exact) mass is 231 g/mol. The molecule has 2 saturated heterocycles. The average Bonchev–Trinajstić information content (AvgIpc) is 2.70. The largest absolute Gasteiger partial charge is 0.347 e. The molecule has 4 heteroatoms. The summed E-state index contributed by atoms with van der Waals surface area (Å²) in [5.74, 6) is -0.255. The molecule has 0 aromatic rings. The minimum atomic E-state index is -0.255. The first kappa shape index (κ1) is 11.4. The number of nitrogens with zero attached hydrogens (tertiary/aromatic N) is 1. The van der Waals surface area contributed by atoms with Crippen LogP contribution in [0.1, 0.15) is 19.8 Å². The fraction of sp³-hybridized carbons (Fsp3) is 0.818. The summed E-state index contributed by atoms with van der Waals surface area (Å²) in [6.45, 7) is 6.57. The Labute approximate surface area is 96.0 Å². The molecule has 0 amide bonds. The van der Waals surface area contributed by atoms with Crippen LogP contribution in [0.4, 0.5) is 0 Å². The van der Waals surface area contributed by atoms with E-state index in [1.54, 1.807) is 5.54 Å². The number of hydrogen-bond donors (Lipinski definition) is 0. The predicted molar refractivity (Wildman–Crippen MR) is 59.9 cm³/mol. The van der Waals surface area contributed by atoms with Gasteiger partial charge in [0.25, 0.3) is 0 Å². The molecule has 2 fully saturated rings. The maximum absolute atomic E-state index is 5.67. The van der Waals surface area contributed by atoms with Gasteiger partial charge in [0.05, 0.1) is 13.2 Å². The van der Waals surface area contributed by atoms with Gasteiger partial charge in [-0.05, 0) is 12.5 Å². The molecule has 0 atom stereocenters. The summed E-state index contributed by atoms with van der Waals surface area (Å²) >= 11 is 5.65. The van der Waals surface area contributed by atoms with Gasteiger partial charge in [-0.1, -0.05) is 11.6 Å². The van der Waals surface area contributed by atoms with E-state index in [1.807, 2.05) is 0 Å². The Bertz CT molecular complexity index is 239. The molecule has 2 heterocycles. The van der Waals surface area contributed by atoms with Crippen molar-refractivity contribution in [3.63, 3.8) is 0 Å². The Balaban J connectivity index is 1.81. The zero-order valence-corrected chi connectivity index (χ0v) is 9.92.